The minimum absolute atomic E-state index is 0.0463. The van der Waals surface area contributed by atoms with Crippen LogP contribution in [0.15, 0.2) is 28.3 Å². The molecule has 11 nitrogen and oxygen atoms in total. The van der Waals surface area contributed by atoms with Crippen molar-refractivity contribution < 1.29 is 31.9 Å². The van der Waals surface area contributed by atoms with E-state index in [1.165, 1.54) is 11.0 Å². The molecule has 2 heterocycles. The van der Waals surface area contributed by atoms with Crippen LogP contribution in [0.4, 0.5) is 14.9 Å². The summed E-state index contributed by atoms with van der Waals surface area (Å²) >= 11 is 0. The van der Waals surface area contributed by atoms with Gasteiger partial charge in [0.1, 0.15) is 16.8 Å². The zero-order valence-corrected chi connectivity index (χ0v) is 21.2. The fourth-order valence-corrected chi connectivity index (χ4v) is 5.68. The van der Waals surface area contributed by atoms with Gasteiger partial charge in [-0.1, -0.05) is 0 Å². The number of amides is 2. The number of hydrogen-bond donors (Lipinski definition) is 1. The van der Waals surface area contributed by atoms with Gasteiger partial charge in [0.25, 0.3) is 0 Å². The van der Waals surface area contributed by atoms with Crippen molar-refractivity contribution in [1.82, 2.24) is 10.2 Å². The first-order valence-electron chi connectivity index (χ1n) is 11.9. The summed E-state index contributed by atoms with van der Waals surface area (Å²) in [5.41, 5.74) is 0.179. The van der Waals surface area contributed by atoms with E-state index in [0.717, 1.165) is 37.8 Å². The van der Waals surface area contributed by atoms with E-state index in [1.54, 1.807) is 0 Å². The number of nitroso groups, excluding NO2 is 1. The van der Waals surface area contributed by atoms with Crippen LogP contribution >= 0.6 is 0 Å². The predicted molar refractivity (Wildman–Crippen MR) is 128 cm³/mol. The van der Waals surface area contributed by atoms with E-state index >= 15 is 0 Å². The van der Waals surface area contributed by atoms with Crippen LogP contribution in [-0.4, -0.2) is 82.7 Å². The van der Waals surface area contributed by atoms with Crippen LogP contribution in [-0.2, 0) is 24.1 Å². The number of carbonyl (C=O) groups excluding carboxylic acids is 2. The van der Waals surface area contributed by atoms with Crippen molar-refractivity contribution >= 4 is 27.5 Å². The Kier molecular flexibility index (Phi) is 7.62. The topological polar surface area (TPSA) is 135 Å². The van der Waals surface area contributed by atoms with Gasteiger partial charge in [0.2, 0.25) is 5.91 Å². The normalized spacial score (nSPS) is 30.2. The standard InChI is InChI=1S/C23H31FN4O7S/c1-13-6-16(9-21(26-31)34-13)27(2)11-14-7-18(14)22(29)25-10-17-12-28(23(30)35-17)15-4-5-20(19(24)8-15)36(3,32)33/h4-5,8,13-14,16-18,21H,6-7,9-12H2,1-3H3,(H,25,29). The number of sulfone groups is 1. The molecule has 1 saturated carbocycles. The molecule has 198 valence electrons. The van der Waals surface area contributed by atoms with Crippen molar-refractivity contribution in [2.24, 2.45) is 17.0 Å². The number of nitrogens with zero attached hydrogens (tertiary/aromatic N) is 3. The molecule has 0 radical (unpaired) electrons. The van der Waals surface area contributed by atoms with Crippen LogP contribution in [0.2, 0.25) is 0 Å². The molecule has 2 saturated heterocycles. The largest absolute Gasteiger partial charge is 0.442 e. The van der Waals surface area contributed by atoms with Crippen molar-refractivity contribution in [3.8, 4) is 0 Å². The third kappa shape index (κ3) is 6.01. The summed E-state index contributed by atoms with van der Waals surface area (Å²) in [7, 11) is -1.74. The lowest BCUT2D eigenvalue weighted by molar-refractivity contribution is -0.123. The van der Waals surface area contributed by atoms with Gasteiger partial charge < -0.3 is 19.7 Å². The summed E-state index contributed by atoms with van der Waals surface area (Å²) in [6.45, 7) is 2.86. The van der Waals surface area contributed by atoms with Crippen LogP contribution in [0.5, 0.6) is 0 Å². The highest BCUT2D eigenvalue weighted by atomic mass is 32.2. The molecule has 1 aromatic carbocycles. The second-order valence-electron chi connectivity index (χ2n) is 9.92. The average molecular weight is 527 g/mol. The predicted octanol–water partition coefficient (Wildman–Crippen LogP) is 1.90. The Bertz CT molecular complexity index is 1130. The first-order chi connectivity index (χ1) is 17.0. The first kappa shape index (κ1) is 26.4. The van der Waals surface area contributed by atoms with Gasteiger partial charge in [-0.25, -0.2) is 17.6 Å². The monoisotopic (exact) mass is 526 g/mol. The summed E-state index contributed by atoms with van der Waals surface area (Å²) < 4.78 is 48.2. The van der Waals surface area contributed by atoms with Gasteiger partial charge in [0.05, 0.1) is 24.9 Å². The van der Waals surface area contributed by atoms with Gasteiger partial charge in [-0.15, -0.1) is 4.91 Å². The molecule has 2 amide bonds. The molecule has 13 heteroatoms. The van der Waals surface area contributed by atoms with E-state index in [9.17, 15) is 27.3 Å². The third-order valence-electron chi connectivity index (χ3n) is 6.99. The molecule has 6 atom stereocenters. The zero-order chi connectivity index (χ0) is 26.2. The number of nitrogens with one attached hydrogen (secondary N) is 1. The number of hydrogen-bond acceptors (Lipinski definition) is 9. The second kappa shape index (κ2) is 10.4. The number of carbonyl (C=O) groups is 2. The molecule has 0 spiro atoms. The lowest BCUT2D eigenvalue weighted by Gasteiger charge is -2.36. The number of ether oxygens (including phenoxy) is 2. The fraction of sp³-hybridized carbons (Fsp3) is 0.652. The van der Waals surface area contributed by atoms with Gasteiger partial charge in [-0.2, -0.15) is 0 Å². The summed E-state index contributed by atoms with van der Waals surface area (Å²) in [6.07, 6.45) is 1.01. The molecule has 1 aliphatic carbocycles. The summed E-state index contributed by atoms with van der Waals surface area (Å²) in [4.78, 5) is 38.7. The minimum atomic E-state index is -3.73. The molecule has 4 rings (SSSR count). The van der Waals surface area contributed by atoms with Gasteiger partial charge in [0, 0.05) is 31.2 Å². The number of rotatable bonds is 9. The Morgan fingerprint density at radius 2 is 2.06 bits per heavy atom. The molecule has 3 fully saturated rings. The van der Waals surface area contributed by atoms with Gasteiger partial charge in [-0.3, -0.25) is 9.69 Å². The van der Waals surface area contributed by atoms with Gasteiger partial charge in [-0.05, 0) is 56.1 Å². The molecule has 0 aromatic heterocycles. The van der Waals surface area contributed by atoms with Crippen LogP contribution < -0.4 is 10.2 Å². The van der Waals surface area contributed by atoms with Crippen LogP contribution in [0.25, 0.3) is 0 Å². The Morgan fingerprint density at radius 3 is 2.72 bits per heavy atom. The van der Waals surface area contributed by atoms with E-state index in [1.807, 2.05) is 14.0 Å². The Balaban J connectivity index is 1.24. The van der Waals surface area contributed by atoms with Gasteiger partial charge >= 0.3 is 6.09 Å². The van der Waals surface area contributed by atoms with E-state index in [4.69, 9.17) is 9.47 Å². The van der Waals surface area contributed by atoms with Crippen molar-refractivity contribution in [3.63, 3.8) is 0 Å². The SMILES string of the molecule is CC1CC(N(C)CC2CC2C(=O)NCC2CN(c3ccc(S(C)(=O)=O)c(F)c3)C(=O)O2)CC(N=O)O1. The Morgan fingerprint density at radius 1 is 1.31 bits per heavy atom. The lowest BCUT2D eigenvalue weighted by Crippen LogP contribution is -2.43. The zero-order valence-electron chi connectivity index (χ0n) is 20.4. The van der Waals surface area contributed by atoms with Gasteiger partial charge in [0.15, 0.2) is 16.1 Å². The molecular formula is C23H31FN4O7S. The first-order valence-corrected chi connectivity index (χ1v) is 13.8. The molecule has 36 heavy (non-hydrogen) atoms. The van der Waals surface area contributed by atoms with Crippen LogP contribution in [0.3, 0.4) is 0 Å². The summed E-state index contributed by atoms with van der Waals surface area (Å²) in [5, 5.41) is 5.87. The number of cyclic esters (lactones) is 1. The van der Waals surface area contributed by atoms with Crippen molar-refractivity contribution in [2.75, 3.05) is 37.8 Å². The molecule has 1 aromatic rings. The number of halogens is 1. The smallest absolute Gasteiger partial charge is 0.414 e. The minimum Gasteiger partial charge on any atom is -0.442 e. The molecule has 1 N–H and O–H groups in total. The van der Waals surface area contributed by atoms with E-state index in [-0.39, 0.29) is 48.7 Å². The molecule has 6 unspecified atom stereocenters. The summed E-state index contributed by atoms with van der Waals surface area (Å²) in [6, 6.07) is 3.61. The van der Waals surface area contributed by atoms with E-state index in [0.29, 0.717) is 6.42 Å². The van der Waals surface area contributed by atoms with E-state index < -0.39 is 39.0 Å². The molecule has 3 aliphatic rings. The molecule has 0 bridgehead atoms. The van der Waals surface area contributed by atoms with Crippen LogP contribution in [0.1, 0.15) is 26.2 Å². The average Bonchev–Trinajstić information content (AvgIpc) is 3.47. The quantitative estimate of drug-likeness (QED) is 0.482. The Hall–Kier alpha value is -2.64. The molecule has 2 aliphatic heterocycles. The fourth-order valence-electron chi connectivity index (χ4n) is 4.95. The van der Waals surface area contributed by atoms with Crippen molar-refractivity contribution in [3.05, 3.63) is 28.9 Å². The third-order valence-corrected chi connectivity index (χ3v) is 8.12. The highest BCUT2D eigenvalue weighted by Crippen LogP contribution is 2.40. The number of anilines is 1. The maximum absolute atomic E-state index is 14.2. The maximum Gasteiger partial charge on any atom is 0.414 e. The van der Waals surface area contributed by atoms with Crippen molar-refractivity contribution in [2.45, 2.75) is 55.6 Å². The van der Waals surface area contributed by atoms with Crippen molar-refractivity contribution in [1.29, 1.82) is 0 Å². The number of benzene rings is 1. The molecular weight excluding hydrogens is 495 g/mol. The van der Waals surface area contributed by atoms with Crippen LogP contribution in [0, 0.1) is 22.6 Å². The Labute approximate surface area is 209 Å². The van der Waals surface area contributed by atoms with E-state index in [2.05, 4.69) is 15.4 Å². The highest BCUT2D eigenvalue weighted by molar-refractivity contribution is 7.90. The second-order valence-corrected chi connectivity index (χ2v) is 11.9. The highest BCUT2D eigenvalue weighted by Gasteiger charge is 2.45. The maximum atomic E-state index is 14.2. The lowest BCUT2D eigenvalue weighted by atomic mass is 10.0. The summed E-state index contributed by atoms with van der Waals surface area (Å²) in [5.74, 6) is -0.984.